The zero-order valence-electron chi connectivity index (χ0n) is 9.64. The number of nitriles is 1. The van der Waals surface area contributed by atoms with Crippen LogP contribution in [0.25, 0.3) is 0 Å². The molecule has 5 heteroatoms. The lowest BCUT2D eigenvalue weighted by Crippen LogP contribution is -1.97. The summed E-state index contributed by atoms with van der Waals surface area (Å²) in [6.07, 6.45) is 1.32. The number of aromatic nitrogens is 1. The first kappa shape index (κ1) is 11.9. The van der Waals surface area contributed by atoms with Gasteiger partial charge in [0, 0.05) is 6.20 Å². The summed E-state index contributed by atoms with van der Waals surface area (Å²) in [5.41, 5.74) is 7.05. The van der Waals surface area contributed by atoms with Gasteiger partial charge in [-0.3, -0.25) is 0 Å². The second-order valence-corrected chi connectivity index (χ2v) is 3.77. The minimum Gasteiger partial charge on any atom is -0.434 e. The second kappa shape index (κ2) is 4.72. The fourth-order valence-electron chi connectivity index (χ4n) is 1.41. The maximum absolute atomic E-state index is 13.5. The summed E-state index contributed by atoms with van der Waals surface area (Å²) in [6, 6.07) is 7.83. The molecule has 2 rings (SSSR count). The molecule has 0 amide bonds. The summed E-state index contributed by atoms with van der Waals surface area (Å²) in [5, 5.41) is 8.68. The average Bonchev–Trinajstić information content (AvgIpc) is 2.36. The van der Waals surface area contributed by atoms with Gasteiger partial charge >= 0.3 is 0 Å². The highest BCUT2D eigenvalue weighted by molar-refractivity contribution is 5.53. The van der Waals surface area contributed by atoms with E-state index in [1.165, 1.54) is 18.3 Å². The van der Waals surface area contributed by atoms with Crippen LogP contribution in [-0.4, -0.2) is 4.98 Å². The molecule has 1 aromatic heterocycles. The van der Waals surface area contributed by atoms with E-state index in [0.29, 0.717) is 5.56 Å². The van der Waals surface area contributed by atoms with Crippen molar-refractivity contribution in [3.05, 3.63) is 47.4 Å². The Labute approximate surface area is 103 Å². The first-order valence-electron chi connectivity index (χ1n) is 5.20. The van der Waals surface area contributed by atoms with E-state index >= 15 is 0 Å². The molecule has 0 aliphatic rings. The molecule has 2 N–H and O–H groups in total. The number of rotatable bonds is 2. The molecule has 0 atom stereocenters. The van der Waals surface area contributed by atoms with Crippen LogP contribution in [-0.2, 0) is 0 Å². The quantitative estimate of drug-likeness (QED) is 0.880. The number of nitrogens with zero attached hydrogens (tertiary/aromatic N) is 2. The van der Waals surface area contributed by atoms with E-state index in [4.69, 9.17) is 15.7 Å². The van der Waals surface area contributed by atoms with Gasteiger partial charge in [0.1, 0.15) is 6.07 Å². The van der Waals surface area contributed by atoms with Gasteiger partial charge in [-0.1, -0.05) is 6.07 Å². The van der Waals surface area contributed by atoms with Crippen molar-refractivity contribution in [2.75, 3.05) is 5.73 Å². The van der Waals surface area contributed by atoms with E-state index in [1.807, 2.05) is 13.0 Å². The normalized spacial score (nSPS) is 9.83. The van der Waals surface area contributed by atoms with Crippen LogP contribution >= 0.6 is 0 Å². The third-order valence-electron chi connectivity index (χ3n) is 2.30. The van der Waals surface area contributed by atoms with E-state index in [2.05, 4.69) is 4.98 Å². The molecule has 0 aliphatic carbocycles. The van der Waals surface area contributed by atoms with Crippen molar-refractivity contribution in [3.8, 4) is 17.7 Å². The third-order valence-corrected chi connectivity index (χ3v) is 2.30. The number of hydrogen-bond acceptors (Lipinski definition) is 4. The van der Waals surface area contributed by atoms with Crippen molar-refractivity contribution in [1.82, 2.24) is 4.98 Å². The predicted octanol–water partition coefficient (Wildman–Crippen LogP) is 2.78. The molecule has 1 aromatic carbocycles. The van der Waals surface area contributed by atoms with Gasteiger partial charge in [-0.05, 0) is 30.7 Å². The Kier molecular flexibility index (Phi) is 3.11. The number of nitrogen functional groups attached to an aromatic ring is 1. The number of pyridine rings is 1. The van der Waals surface area contributed by atoms with Crippen molar-refractivity contribution >= 4 is 5.69 Å². The Hall–Kier alpha value is -2.61. The molecule has 0 saturated heterocycles. The van der Waals surface area contributed by atoms with E-state index in [1.54, 1.807) is 12.1 Å². The van der Waals surface area contributed by atoms with Crippen LogP contribution in [0.3, 0.4) is 0 Å². The lowest BCUT2D eigenvalue weighted by molar-refractivity contribution is 0.429. The molecule has 4 nitrogen and oxygen atoms in total. The second-order valence-electron chi connectivity index (χ2n) is 3.77. The van der Waals surface area contributed by atoms with Gasteiger partial charge in [0.15, 0.2) is 11.6 Å². The molecule has 0 bridgehead atoms. The molecular weight excluding hydrogens is 233 g/mol. The predicted molar refractivity (Wildman–Crippen MR) is 64.6 cm³/mol. The minimum atomic E-state index is -0.494. The smallest absolute Gasteiger partial charge is 0.242 e. The molecule has 90 valence electrons. The van der Waals surface area contributed by atoms with Gasteiger partial charge in [-0.25, -0.2) is 9.37 Å². The number of benzene rings is 1. The molecule has 0 spiro atoms. The fourth-order valence-corrected chi connectivity index (χ4v) is 1.41. The van der Waals surface area contributed by atoms with Crippen molar-refractivity contribution in [2.45, 2.75) is 6.92 Å². The third kappa shape index (κ3) is 2.38. The maximum Gasteiger partial charge on any atom is 0.242 e. The zero-order chi connectivity index (χ0) is 13.1. The molecule has 0 radical (unpaired) electrons. The number of anilines is 1. The van der Waals surface area contributed by atoms with Gasteiger partial charge < -0.3 is 10.5 Å². The SMILES string of the molecule is Cc1ccc(F)c(Oc2ncc(C#N)cc2N)c1. The van der Waals surface area contributed by atoms with Gasteiger partial charge in [0.05, 0.1) is 11.3 Å². The first-order valence-corrected chi connectivity index (χ1v) is 5.20. The van der Waals surface area contributed by atoms with Gasteiger partial charge in [0.2, 0.25) is 5.88 Å². The van der Waals surface area contributed by atoms with E-state index < -0.39 is 5.82 Å². The Morgan fingerprint density at radius 2 is 2.17 bits per heavy atom. The van der Waals surface area contributed by atoms with Crippen LogP contribution in [0.4, 0.5) is 10.1 Å². The Morgan fingerprint density at radius 1 is 1.39 bits per heavy atom. The zero-order valence-corrected chi connectivity index (χ0v) is 9.64. The Balaban J connectivity index is 2.34. The molecule has 0 fully saturated rings. The van der Waals surface area contributed by atoms with Crippen LogP contribution in [0, 0.1) is 24.1 Å². The van der Waals surface area contributed by atoms with Crippen molar-refractivity contribution in [3.63, 3.8) is 0 Å². The number of aryl methyl sites for hydroxylation is 1. The van der Waals surface area contributed by atoms with Crippen LogP contribution in [0.2, 0.25) is 0 Å². The largest absolute Gasteiger partial charge is 0.434 e. The molecule has 0 saturated carbocycles. The first-order chi connectivity index (χ1) is 8.60. The number of ether oxygens (including phenoxy) is 1. The minimum absolute atomic E-state index is 0.0545. The molecule has 2 aromatic rings. The van der Waals surface area contributed by atoms with Crippen LogP contribution in [0.15, 0.2) is 30.5 Å². The summed E-state index contributed by atoms with van der Waals surface area (Å²) < 4.78 is 18.8. The Morgan fingerprint density at radius 3 is 2.83 bits per heavy atom. The van der Waals surface area contributed by atoms with Crippen molar-refractivity contribution in [1.29, 1.82) is 5.26 Å². The van der Waals surface area contributed by atoms with Crippen LogP contribution < -0.4 is 10.5 Å². The van der Waals surface area contributed by atoms with Crippen molar-refractivity contribution in [2.24, 2.45) is 0 Å². The summed E-state index contributed by atoms with van der Waals surface area (Å²) in [6.45, 7) is 1.82. The summed E-state index contributed by atoms with van der Waals surface area (Å²) >= 11 is 0. The molecular formula is C13H10FN3O. The molecule has 18 heavy (non-hydrogen) atoms. The lowest BCUT2D eigenvalue weighted by Gasteiger charge is -2.08. The van der Waals surface area contributed by atoms with Gasteiger partial charge in [-0.2, -0.15) is 5.26 Å². The molecule has 0 unspecified atom stereocenters. The van der Waals surface area contributed by atoms with E-state index in [-0.39, 0.29) is 17.3 Å². The Bertz CT molecular complexity index is 635. The molecule has 0 aliphatic heterocycles. The van der Waals surface area contributed by atoms with Crippen molar-refractivity contribution < 1.29 is 9.13 Å². The topological polar surface area (TPSA) is 71.9 Å². The van der Waals surface area contributed by atoms with E-state index in [9.17, 15) is 4.39 Å². The van der Waals surface area contributed by atoms with Gasteiger partial charge in [-0.15, -0.1) is 0 Å². The highest BCUT2D eigenvalue weighted by atomic mass is 19.1. The lowest BCUT2D eigenvalue weighted by atomic mass is 10.2. The standard InChI is InChI=1S/C13H10FN3O/c1-8-2-3-10(14)12(4-8)18-13-11(16)5-9(6-15)7-17-13/h2-5,7H,16H2,1H3. The highest BCUT2D eigenvalue weighted by Gasteiger charge is 2.09. The number of hydrogen-bond donors (Lipinski definition) is 1. The molecule has 1 heterocycles. The average molecular weight is 243 g/mol. The van der Waals surface area contributed by atoms with Crippen LogP contribution in [0.1, 0.15) is 11.1 Å². The monoisotopic (exact) mass is 243 g/mol. The maximum atomic E-state index is 13.5. The highest BCUT2D eigenvalue weighted by Crippen LogP contribution is 2.28. The van der Waals surface area contributed by atoms with Crippen LogP contribution in [0.5, 0.6) is 11.6 Å². The number of halogens is 1. The summed E-state index contributed by atoms with van der Waals surface area (Å²) in [7, 11) is 0. The van der Waals surface area contributed by atoms with Gasteiger partial charge in [0.25, 0.3) is 0 Å². The fraction of sp³-hybridized carbons (Fsp3) is 0.0769. The summed E-state index contributed by atoms with van der Waals surface area (Å²) in [5.74, 6) is -0.358. The van der Waals surface area contributed by atoms with E-state index in [0.717, 1.165) is 5.56 Å². The number of nitrogens with two attached hydrogens (primary N) is 1. The summed E-state index contributed by atoms with van der Waals surface area (Å²) in [4.78, 5) is 3.88.